The summed E-state index contributed by atoms with van der Waals surface area (Å²) >= 11 is 0. The van der Waals surface area contributed by atoms with Crippen LogP contribution < -0.4 is 5.73 Å². The Labute approximate surface area is 146 Å². The average molecular weight is 339 g/mol. The number of aryl methyl sites for hydroxylation is 1. The molecule has 2 aromatic rings. The van der Waals surface area contributed by atoms with E-state index in [1.807, 2.05) is 54.0 Å². The third kappa shape index (κ3) is 3.76. The molecule has 0 aliphatic carbocycles. The van der Waals surface area contributed by atoms with E-state index in [4.69, 9.17) is 5.73 Å². The van der Waals surface area contributed by atoms with E-state index in [1.165, 1.54) is 4.90 Å². The predicted molar refractivity (Wildman–Crippen MR) is 93.0 cm³/mol. The molecule has 1 unspecified atom stereocenters. The van der Waals surface area contributed by atoms with Gasteiger partial charge in [0.2, 0.25) is 11.8 Å². The zero-order valence-corrected chi connectivity index (χ0v) is 14.1. The summed E-state index contributed by atoms with van der Waals surface area (Å²) in [4.78, 5) is 25.9. The van der Waals surface area contributed by atoms with Gasteiger partial charge >= 0.3 is 0 Å². The second kappa shape index (κ2) is 7.29. The van der Waals surface area contributed by atoms with Crippen molar-refractivity contribution < 1.29 is 9.59 Å². The second-order valence-corrected chi connectivity index (χ2v) is 6.07. The predicted octanol–water partition coefficient (Wildman–Crippen LogP) is 1.28. The number of nitrogens with two attached hydrogens (primary N) is 1. The Hall–Kier alpha value is -2.96. The van der Waals surface area contributed by atoms with E-state index in [-0.39, 0.29) is 12.5 Å². The topological polar surface area (TPSA) is 94.1 Å². The first-order valence-electron chi connectivity index (χ1n) is 8.25. The fourth-order valence-corrected chi connectivity index (χ4v) is 2.95. The van der Waals surface area contributed by atoms with Crippen LogP contribution in [0.25, 0.3) is 6.08 Å². The number of benzene rings is 1. The highest BCUT2D eigenvalue weighted by molar-refractivity contribution is 5.86. The molecule has 2 heterocycles. The lowest BCUT2D eigenvalue weighted by Crippen LogP contribution is -2.53. The molecule has 3 rings (SSSR count). The Morgan fingerprint density at radius 2 is 2.04 bits per heavy atom. The van der Waals surface area contributed by atoms with Crippen molar-refractivity contribution in [2.75, 3.05) is 0 Å². The van der Waals surface area contributed by atoms with Crippen LogP contribution in [0.3, 0.4) is 0 Å². The fraction of sp³-hybridized carbons (Fsp3) is 0.333. The van der Waals surface area contributed by atoms with Crippen LogP contribution in [0, 0.1) is 6.92 Å². The van der Waals surface area contributed by atoms with Gasteiger partial charge in [-0.25, -0.2) is 0 Å². The summed E-state index contributed by atoms with van der Waals surface area (Å²) in [5.41, 5.74) is 6.59. The molecule has 0 saturated carbocycles. The van der Waals surface area contributed by atoms with E-state index in [9.17, 15) is 9.59 Å². The summed E-state index contributed by atoms with van der Waals surface area (Å²) in [7, 11) is 0. The first-order chi connectivity index (χ1) is 12.1. The highest BCUT2D eigenvalue weighted by Crippen LogP contribution is 2.19. The zero-order chi connectivity index (χ0) is 17.8. The quantitative estimate of drug-likeness (QED) is 0.888. The van der Waals surface area contributed by atoms with Gasteiger partial charge in [0.1, 0.15) is 11.9 Å². The van der Waals surface area contributed by atoms with Crippen molar-refractivity contribution in [3.05, 3.63) is 53.6 Å². The van der Waals surface area contributed by atoms with E-state index in [2.05, 4.69) is 10.2 Å². The van der Waals surface area contributed by atoms with Crippen LogP contribution in [0.1, 0.15) is 30.1 Å². The number of nitrogens with zero attached hydrogens (tertiary/aromatic N) is 4. The third-order valence-corrected chi connectivity index (χ3v) is 4.34. The van der Waals surface area contributed by atoms with Gasteiger partial charge in [0.05, 0.1) is 13.1 Å². The van der Waals surface area contributed by atoms with Gasteiger partial charge in [-0.15, -0.1) is 10.2 Å². The number of allylic oxidation sites excluding steroid dienone is 1. The molecule has 1 aromatic carbocycles. The highest BCUT2D eigenvalue weighted by atomic mass is 16.2. The number of hydrogen-bond donors (Lipinski definition) is 1. The molecule has 2 N–H and O–H groups in total. The number of primary amides is 1. The first-order valence-corrected chi connectivity index (χ1v) is 8.25. The number of carbonyl (C=O) groups is 2. The van der Waals surface area contributed by atoms with Gasteiger partial charge in [-0.05, 0) is 18.9 Å². The van der Waals surface area contributed by atoms with E-state index in [0.717, 1.165) is 11.4 Å². The average Bonchev–Trinajstić information content (AvgIpc) is 2.98. The molecule has 1 atom stereocenters. The van der Waals surface area contributed by atoms with Gasteiger partial charge in [0.25, 0.3) is 0 Å². The molecule has 0 spiro atoms. The van der Waals surface area contributed by atoms with Gasteiger partial charge in [-0.2, -0.15) is 0 Å². The van der Waals surface area contributed by atoms with Gasteiger partial charge in [-0.1, -0.05) is 42.5 Å². The van der Waals surface area contributed by atoms with Crippen LogP contribution >= 0.6 is 0 Å². The fourth-order valence-electron chi connectivity index (χ4n) is 2.95. The van der Waals surface area contributed by atoms with Crippen molar-refractivity contribution in [2.45, 2.75) is 38.9 Å². The van der Waals surface area contributed by atoms with Gasteiger partial charge in [0, 0.05) is 6.42 Å². The Kier molecular flexibility index (Phi) is 4.92. The van der Waals surface area contributed by atoms with E-state index in [0.29, 0.717) is 25.2 Å². The van der Waals surface area contributed by atoms with E-state index < -0.39 is 11.9 Å². The van der Waals surface area contributed by atoms with Crippen LogP contribution in [-0.2, 0) is 22.7 Å². The molecule has 7 heteroatoms. The molecule has 0 radical (unpaired) electrons. The standard InChI is InChI=1S/C18H21N5O2/c1-13-20-21-16-12-23(15(18(19)25)11-22(13)16)17(24)10-6-5-9-14-7-3-2-4-8-14/h2-5,7-9,15H,6,10-12H2,1H3,(H2,19,25)/b9-5+. The minimum Gasteiger partial charge on any atom is -0.368 e. The molecule has 1 aliphatic heterocycles. The number of fused-ring (bicyclic) bond motifs is 1. The number of amides is 2. The SMILES string of the molecule is Cc1nnc2n1CC(C(N)=O)N(C(=O)CC/C=C/c1ccccc1)C2. The smallest absolute Gasteiger partial charge is 0.242 e. The number of aromatic nitrogens is 3. The maximum atomic E-state index is 12.6. The molecule has 2 amide bonds. The van der Waals surface area contributed by atoms with Crippen molar-refractivity contribution in [2.24, 2.45) is 5.73 Å². The van der Waals surface area contributed by atoms with Gasteiger partial charge in [-0.3, -0.25) is 9.59 Å². The van der Waals surface area contributed by atoms with E-state index >= 15 is 0 Å². The van der Waals surface area contributed by atoms with Crippen LogP contribution in [0.4, 0.5) is 0 Å². The Morgan fingerprint density at radius 3 is 2.76 bits per heavy atom. The number of rotatable bonds is 5. The molecule has 1 aromatic heterocycles. The molecule has 25 heavy (non-hydrogen) atoms. The second-order valence-electron chi connectivity index (χ2n) is 6.07. The summed E-state index contributed by atoms with van der Waals surface area (Å²) in [6.45, 7) is 2.39. The van der Waals surface area contributed by atoms with Gasteiger partial charge in [0.15, 0.2) is 5.82 Å². The van der Waals surface area contributed by atoms with Crippen molar-refractivity contribution in [3.63, 3.8) is 0 Å². The summed E-state index contributed by atoms with van der Waals surface area (Å²) in [5.74, 6) is 0.794. The van der Waals surface area contributed by atoms with Crippen molar-refractivity contribution in [1.82, 2.24) is 19.7 Å². The monoisotopic (exact) mass is 339 g/mol. The maximum Gasteiger partial charge on any atom is 0.242 e. The highest BCUT2D eigenvalue weighted by Gasteiger charge is 2.34. The Bertz CT molecular complexity index is 797. The van der Waals surface area contributed by atoms with Crippen molar-refractivity contribution >= 4 is 17.9 Å². The number of hydrogen-bond acceptors (Lipinski definition) is 4. The summed E-state index contributed by atoms with van der Waals surface area (Å²) < 4.78 is 1.84. The molecular formula is C18H21N5O2. The largest absolute Gasteiger partial charge is 0.368 e. The summed E-state index contributed by atoms with van der Waals surface area (Å²) in [5, 5.41) is 8.08. The molecule has 0 fully saturated rings. The minimum absolute atomic E-state index is 0.103. The Balaban J connectivity index is 1.64. The van der Waals surface area contributed by atoms with E-state index in [1.54, 1.807) is 0 Å². The van der Waals surface area contributed by atoms with Gasteiger partial charge < -0.3 is 15.2 Å². The molecule has 7 nitrogen and oxygen atoms in total. The zero-order valence-electron chi connectivity index (χ0n) is 14.1. The van der Waals surface area contributed by atoms with Crippen LogP contribution in [0.2, 0.25) is 0 Å². The lowest BCUT2D eigenvalue weighted by atomic mass is 10.1. The Morgan fingerprint density at radius 1 is 1.28 bits per heavy atom. The number of carbonyl (C=O) groups excluding carboxylic acids is 2. The molecule has 0 bridgehead atoms. The summed E-state index contributed by atoms with van der Waals surface area (Å²) in [6, 6.07) is 9.24. The normalized spacial score (nSPS) is 16.8. The van der Waals surface area contributed by atoms with Crippen molar-refractivity contribution in [1.29, 1.82) is 0 Å². The summed E-state index contributed by atoms with van der Waals surface area (Å²) in [6.07, 6.45) is 4.86. The van der Waals surface area contributed by atoms with Crippen LogP contribution in [0.5, 0.6) is 0 Å². The maximum absolute atomic E-state index is 12.6. The molecule has 0 saturated heterocycles. The first kappa shape index (κ1) is 16.9. The minimum atomic E-state index is -0.659. The lowest BCUT2D eigenvalue weighted by Gasteiger charge is -2.34. The molecule has 130 valence electrons. The third-order valence-electron chi connectivity index (χ3n) is 4.34. The van der Waals surface area contributed by atoms with Crippen LogP contribution in [-0.4, -0.2) is 37.5 Å². The van der Waals surface area contributed by atoms with Crippen LogP contribution in [0.15, 0.2) is 36.4 Å². The molecule has 1 aliphatic rings. The lowest BCUT2D eigenvalue weighted by molar-refractivity contribution is -0.141. The molecular weight excluding hydrogens is 318 g/mol. The van der Waals surface area contributed by atoms with Crippen molar-refractivity contribution in [3.8, 4) is 0 Å².